The van der Waals surface area contributed by atoms with Crippen LogP contribution >= 0.6 is 0 Å². The molecule has 2 fully saturated rings. The summed E-state index contributed by atoms with van der Waals surface area (Å²) in [6.07, 6.45) is 3.61. The first kappa shape index (κ1) is 10.7. The number of hydrogen-bond donors (Lipinski definition) is 0. The third-order valence-electron chi connectivity index (χ3n) is 3.70. The lowest BCUT2D eigenvalue weighted by Crippen LogP contribution is -2.59. The monoisotopic (exact) mass is 232 g/mol. The number of aromatic nitrogens is 1. The number of ether oxygens (including phenoxy) is 1. The molecule has 3 heterocycles. The largest absolute Gasteiger partial charge is 0.379 e. The highest BCUT2D eigenvalue weighted by Gasteiger charge is 2.46. The Balaban J connectivity index is 1.60. The van der Waals surface area contributed by atoms with Gasteiger partial charge in [0.05, 0.1) is 18.6 Å². The van der Waals surface area contributed by atoms with Crippen molar-refractivity contribution in [2.24, 2.45) is 5.41 Å². The zero-order valence-electron chi connectivity index (χ0n) is 9.93. The zero-order valence-corrected chi connectivity index (χ0v) is 9.93. The van der Waals surface area contributed by atoms with Crippen LogP contribution in [0.1, 0.15) is 18.4 Å². The summed E-state index contributed by atoms with van der Waals surface area (Å²) in [6.45, 7) is 4.79. The van der Waals surface area contributed by atoms with Gasteiger partial charge in [-0.1, -0.05) is 0 Å². The van der Waals surface area contributed by atoms with Crippen LogP contribution in [-0.4, -0.2) is 42.1 Å². The summed E-state index contributed by atoms with van der Waals surface area (Å²) in [5.41, 5.74) is 1.02. The van der Waals surface area contributed by atoms with Gasteiger partial charge in [-0.25, -0.2) is 0 Å². The predicted molar refractivity (Wildman–Crippen MR) is 62.5 cm³/mol. The summed E-state index contributed by atoms with van der Waals surface area (Å²) in [4.78, 5) is 18.1. The van der Waals surface area contributed by atoms with Crippen molar-refractivity contribution in [3.8, 4) is 0 Å². The van der Waals surface area contributed by atoms with Crippen LogP contribution in [0.2, 0.25) is 0 Å². The molecule has 3 rings (SSSR count). The smallest absolute Gasteiger partial charge is 0.233 e. The van der Waals surface area contributed by atoms with Gasteiger partial charge in [0.15, 0.2) is 0 Å². The molecule has 0 spiro atoms. The summed E-state index contributed by atoms with van der Waals surface area (Å²) >= 11 is 0. The Kier molecular flexibility index (Phi) is 2.40. The highest BCUT2D eigenvalue weighted by molar-refractivity contribution is 5.84. The standard InChI is InChI=1S/C13H16N2O2/c1-13(8-17-9-13)12(16)15-6-11(7-15)10-2-4-14-5-3-10/h2-5,11H,6-9H2,1H3. The van der Waals surface area contributed by atoms with Crippen LogP contribution in [-0.2, 0) is 9.53 Å². The Morgan fingerprint density at radius 2 is 2.06 bits per heavy atom. The molecule has 1 aromatic rings. The van der Waals surface area contributed by atoms with Gasteiger partial charge in [-0.05, 0) is 24.6 Å². The maximum absolute atomic E-state index is 12.1. The van der Waals surface area contributed by atoms with Crippen LogP contribution in [0.4, 0.5) is 0 Å². The van der Waals surface area contributed by atoms with Gasteiger partial charge >= 0.3 is 0 Å². The van der Waals surface area contributed by atoms with Crippen molar-refractivity contribution in [2.75, 3.05) is 26.3 Å². The van der Waals surface area contributed by atoms with E-state index in [2.05, 4.69) is 4.98 Å². The molecule has 2 aliphatic heterocycles. The van der Waals surface area contributed by atoms with Gasteiger partial charge in [-0.15, -0.1) is 0 Å². The summed E-state index contributed by atoms with van der Waals surface area (Å²) in [6, 6.07) is 4.06. The molecule has 1 aromatic heterocycles. The Hall–Kier alpha value is -1.42. The predicted octanol–water partition coefficient (Wildman–Crippen LogP) is 1.04. The second-order valence-corrected chi connectivity index (χ2v) is 5.24. The maximum Gasteiger partial charge on any atom is 0.233 e. The van der Waals surface area contributed by atoms with Crippen LogP contribution in [0.5, 0.6) is 0 Å². The third-order valence-corrected chi connectivity index (χ3v) is 3.70. The van der Waals surface area contributed by atoms with Crippen LogP contribution in [0, 0.1) is 5.41 Å². The van der Waals surface area contributed by atoms with Crippen LogP contribution in [0.3, 0.4) is 0 Å². The fraction of sp³-hybridized carbons (Fsp3) is 0.538. The molecule has 0 unspecified atom stereocenters. The molecule has 4 heteroatoms. The van der Waals surface area contributed by atoms with E-state index in [0.717, 1.165) is 13.1 Å². The first-order valence-corrected chi connectivity index (χ1v) is 5.96. The second kappa shape index (κ2) is 3.81. The van der Waals surface area contributed by atoms with E-state index in [1.165, 1.54) is 5.56 Å². The number of hydrogen-bond acceptors (Lipinski definition) is 3. The minimum Gasteiger partial charge on any atom is -0.379 e. The molecule has 17 heavy (non-hydrogen) atoms. The number of carbonyl (C=O) groups is 1. The first-order chi connectivity index (χ1) is 8.19. The molecular weight excluding hydrogens is 216 g/mol. The summed E-state index contributed by atoms with van der Waals surface area (Å²) in [7, 11) is 0. The number of likely N-dealkylation sites (tertiary alicyclic amines) is 1. The number of pyridine rings is 1. The fourth-order valence-electron chi connectivity index (χ4n) is 2.40. The van der Waals surface area contributed by atoms with Crippen molar-refractivity contribution in [1.29, 1.82) is 0 Å². The maximum atomic E-state index is 12.1. The summed E-state index contributed by atoms with van der Waals surface area (Å²) in [5.74, 6) is 0.723. The number of amides is 1. The highest BCUT2D eigenvalue weighted by atomic mass is 16.5. The molecule has 0 N–H and O–H groups in total. The van der Waals surface area contributed by atoms with E-state index in [9.17, 15) is 4.79 Å². The van der Waals surface area contributed by atoms with Gasteiger partial charge in [0.25, 0.3) is 0 Å². The van der Waals surface area contributed by atoms with Gasteiger partial charge in [-0.3, -0.25) is 9.78 Å². The van der Waals surface area contributed by atoms with Crippen molar-refractivity contribution in [3.05, 3.63) is 30.1 Å². The van der Waals surface area contributed by atoms with E-state index < -0.39 is 0 Å². The van der Waals surface area contributed by atoms with Crippen LogP contribution in [0.25, 0.3) is 0 Å². The molecule has 90 valence electrons. The SMILES string of the molecule is CC1(C(=O)N2CC(c3ccncc3)C2)COC1. The highest BCUT2D eigenvalue weighted by Crippen LogP contribution is 2.34. The van der Waals surface area contributed by atoms with Crippen molar-refractivity contribution in [3.63, 3.8) is 0 Å². The fourth-order valence-corrected chi connectivity index (χ4v) is 2.40. The molecule has 2 aliphatic rings. The normalized spacial score (nSPS) is 22.8. The van der Waals surface area contributed by atoms with E-state index in [4.69, 9.17) is 4.74 Å². The number of carbonyl (C=O) groups excluding carboxylic acids is 1. The van der Waals surface area contributed by atoms with E-state index >= 15 is 0 Å². The molecular formula is C13H16N2O2. The lowest BCUT2D eigenvalue weighted by molar-refractivity contribution is -0.173. The second-order valence-electron chi connectivity index (χ2n) is 5.24. The average molecular weight is 232 g/mol. The Morgan fingerprint density at radius 3 is 2.59 bits per heavy atom. The Morgan fingerprint density at radius 1 is 1.41 bits per heavy atom. The minimum atomic E-state index is -0.261. The van der Waals surface area contributed by atoms with Gasteiger partial charge in [0, 0.05) is 31.4 Å². The molecule has 0 aromatic carbocycles. The lowest BCUT2D eigenvalue weighted by Gasteiger charge is -2.47. The Bertz CT molecular complexity index is 422. The van der Waals surface area contributed by atoms with Crippen molar-refractivity contribution in [2.45, 2.75) is 12.8 Å². The topological polar surface area (TPSA) is 42.4 Å². The number of rotatable bonds is 2. The van der Waals surface area contributed by atoms with Crippen LogP contribution in [0.15, 0.2) is 24.5 Å². The average Bonchev–Trinajstić information content (AvgIpc) is 2.25. The molecule has 1 amide bonds. The van der Waals surface area contributed by atoms with Gasteiger partial charge in [-0.2, -0.15) is 0 Å². The minimum absolute atomic E-state index is 0.244. The molecule has 0 aliphatic carbocycles. The quantitative estimate of drug-likeness (QED) is 0.765. The van der Waals surface area contributed by atoms with Crippen molar-refractivity contribution < 1.29 is 9.53 Å². The zero-order chi connectivity index (χ0) is 11.9. The van der Waals surface area contributed by atoms with E-state index in [0.29, 0.717) is 19.1 Å². The first-order valence-electron chi connectivity index (χ1n) is 5.96. The lowest BCUT2D eigenvalue weighted by atomic mass is 9.83. The molecule has 0 radical (unpaired) electrons. The van der Waals surface area contributed by atoms with Gasteiger partial charge < -0.3 is 9.64 Å². The van der Waals surface area contributed by atoms with E-state index in [-0.39, 0.29) is 11.3 Å². The molecule has 0 bridgehead atoms. The van der Waals surface area contributed by atoms with E-state index in [1.54, 1.807) is 12.4 Å². The Labute approximate surface area is 101 Å². The van der Waals surface area contributed by atoms with E-state index in [1.807, 2.05) is 24.0 Å². The molecule has 2 saturated heterocycles. The van der Waals surface area contributed by atoms with Crippen molar-refractivity contribution >= 4 is 5.91 Å². The number of nitrogens with zero attached hydrogens (tertiary/aromatic N) is 2. The summed E-state index contributed by atoms with van der Waals surface area (Å²) < 4.78 is 5.13. The van der Waals surface area contributed by atoms with Crippen LogP contribution < -0.4 is 0 Å². The molecule has 0 saturated carbocycles. The van der Waals surface area contributed by atoms with Gasteiger partial charge in [0.2, 0.25) is 5.91 Å². The van der Waals surface area contributed by atoms with Crippen molar-refractivity contribution in [1.82, 2.24) is 9.88 Å². The molecule has 0 atom stereocenters. The molecule has 4 nitrogen and oxygen atoms in total. The summed E-state index contributed by atoms with van der Waals surface area (Å²) in [5, 5.41) is 0. The van der Waals surface area contributed by atoms with Gasteiger partial charge in [0.1, 0.15) is 0 Å². The third kappa shape index (κ3) is 1.72.